The summed E-state index contributed by atoms with van der Waals surface area (Å²) in [6, 6.07) is 0. The van der Waals surface area contributed by atoms with Crippen LogP contribution in [0.25, 0.3) is 0 Å². The van der Waals surface area contributed by atoms with Gasteiger partial charge in [0.05, 0.1) is 0 Å². The highest BCUT2D eigenvalue weighted by atomic mass is 19.1. The molecule has 2 aliphatic rings. The summed E-state index contributed by atoms with van der Waals surface area (Å²) in [7, 11) is 0. The largest absolute Gasteiger partial charge is 0.315 e. The maximum absolute atomic E-state index is 13.3. The Kier molecular flexibility index (Phi) is 1.39. The lowest BCUT2D eigenvalue weighted by Crippen LogP contribution is -2.27. The van der Waals surface area contributed by atoms with Gasteiger partial charge in [0, 0.05) is 24.4 Å². The Morgan fingerprint density at radius 2 is 2.55 bits per heavy atom. The van der Waals surface area contributed by atoms with E-state index in [-0.39, 0.29) is 11.2 Å². The predicted molar refractivity (Wildman–Crippen MR) is 42.8 cm³/mol. The molecular formula is C9H12FN. The zero-order valence-corrected chi connectivity index (χ0v) is 6.60. The van der Waals surface area contributed by atoms with Crippen LogP contribution in [-0.4, -0.2) is 13.1 Å². The third kappa shape index (κ3) is 0.857. The van der Waals surface area contributed by atoms with Crippen molar-refractivity contribution in [3.05, 3.63) is 24.1 Å². The third-order valence-corrected chi connectivity index (χ3v) is 2.81. The topological polar surface area (TPSA) is 12.0 Å². The Morgan fingerprint density at radius 3 is 3.27 bits per heavy atom. The van der Waals surface area contributed by atoms with Gasteiger partial charge in [-0.2, -0.15) is 0 Å². The highest BCUT2D eigenvalue weighted by molar-refractivity contribution is 5.26. The monoisotopic (exact) mass is 153 g/mol. The van der Waals surface area contributed by atoms with Crippen LogP contribution in [0.1, 0.15) is 6.92 Å². The van der Waals surface area contributed by atoms with E-state index in [9.17, 15) is 4.39 Å². The zero-order chi connectivity index (χ0) is 7.90. The molecule has 2 rings (SSSR count). The number of nitrogens with one attached hydrogen (secondary N) is 1. The average molecular weight is 153 g/mol. The number of halogens is 1. The summed E-state index contributed by atoms with van der Waals surface area (Å²) in [6.45, 7) is 3.66. The van der Waals surface area contributed by atoms with Gasteiger partial charge in [0.2, 0.25) is 0 Å². The van der Waals surface area contributed by atoms with Crippen LogP contribution >= 0.6 is 0 Å². The molecule has 1 N–H and O–H groups in total. The lowest BCUT2D eigenvalue weighted by Gasteiger charge is -2.28. The first-order chi connectivity index (χ1) is 5.23. The predicted octanol–water partition coefficient (Wildman–Crippen LogP) is 1.64. The summed E-state index contributed by atoms with van der Waals surface area (Å²) < 4.78 is 13.3. The van der Waals surface area contributed by atoms with Gasteiger partial charge < -0.3 is 5.32 Å². The molecular weight excluding hydrogens is 141 g/mol. The van der Waals surface area contributed by atoms with Crippen LogP contribution in [-0.2, 0) is 0 Å². The molecule has 2 heteroatoms. The van der Waals surface area contributed by atoms with Crippen molar-refractivity contribution in [1.82, 2.24) is 5.32 Å². The van der Waals surface area contributed by atoms with Gasteiger partial charge in [-0.05, 0) is 6.08 Å². The average Bonchev–Trinajstić information content (AvgIpc) is 2.34. The van der Waals surface area contributed by atoms with E-state index in [2.05, 4.69) is 11.4 Å². The molecule has 0 amide bonds. The zero-order valence-electron chi connectivity index (χ0n) is 6.60. The molecule has 0 aromatic heterocycles. The lowest BCUT2D eigenvalue weighted by atomic mass is 9.76. The number of hydrogen-bond donors (Lipinski definition) is 1. The number of hydrogen-bond acceptors (Lipinski definition) is 1. The van der Waals surface area contributed by atoms with Crippen molar-refractivity contribution in [2.45, 2.75) is 6.92 Å². The second-order valence-electron chi connectivity index (χ2n) is 3.55. The molecule has 0 bridgehead atoms. The van der Waals surface area contributed by atoms with Crippen LogP contribution in [0.5, 0.6) is 0 Å². The minimum atomic E-state index is -0.255. The van der Waals surface area contributed by atoms with Gasteiger partial charge in [-0.25, -0.2) is 4.39 Å². The van der Waals surface area contributed by atoms with Gasteiger partial charge in [0.15, 0.2) is 0 Å². The Morgan fingerprint density at radius 1 is 1.73 bits per heavy atom. The molecule has 0 spiro atoms. The van der Waals surface area contributed by atoms with E-state index in [4.69, 9.17) is 0 Å². The van der Waals surface area contributed by atoms with Gasteiger partial charge in [-0.1, -0.05) is 19.1 Å². The molecule has 1 fully saturated rings. The van der Waals surface area contributed by atoms with Crippen molar-refractivity contribution < 1.29 is 4.39 Å². The number of allylic oxidation sites excluding steroid dienone is 2. The van der Waals surface area contributed by atoms with Gasteiger partial charge in [0.25, 0.3) is 0 Å². The summed E-state index contributed by atoms with van der Waals surface area (Å²) in [6.07, 6.45) is 5.47. The van der Waals surface area contributed by atoms with Gasteiger partial charge in [-0.15, -0.1) is 0 Å². The van der Waals surface area contributed by atoms with Crippen LogP contribution in [0.4, 0.5) is 4.39 Å². The quantitative estimate of drug-likeness (QED) is 0.557. The molecule has 0 aromatic rings. The van der Waals surface area contributed by atoms with E-state index < -0.39 is 0 Å². The molecule has 1 aliphatic heterocycles. The van der Waals surface area contributed by atoms with Gasteiger partial charge in [-0.3, -0.25) is 0 Å². The Hall–Kier alpha value is -0.630. The first-order valence-electron chi connectivity index (χ1n) is 3.99. The van der Waals surface area contributed by atoms with Gasteiger partial charge in [0.1, 0.15) is 5.83 Å². The van der Waals surface area contributed by atoms with Crippen LogP contribution in [0.2, 0.25) is 0 Å². The van der Waals surface area contributed by atoms with E-state index >= 15 is 0 Å². The van der Waals surface area contributed by atoms with Crippen molar-refractivity contribution in [2.24, 2.45) is 11.3 Å². The highest BCUT2D eigenvalue weighted by Crippen LogP contribution is 2.41. The third-order valence-electron chi connectivity index (χ3n) is 2.81. The standard InChI is InChI=1S/C9H12FN/c1-9-6-11-5-7(9)3-2-4-8(9)10/h2-4,7,11H,5-6H2,1H3. The van der Waals surface area contributed by atoms with Crippen LogP contribution in [0, 0.1) is 11.3 Å². The van der Waals surface area contributed by atoms with Crippen LogP contribution in [0.3, 0.4) is 0 Å². The van der Waals surface area contributed by atoms with Crippen molar-refractivity contribution in [3.8, 4) is 0 Å². The molecule has 11 heavy (non-hydrogen) atoms. The van der Waals surface area contributed by atoms with E-state index in [1.54, 1.807) is 6.08 Å². The Bertz CT molecular complexity index is 232. The minimum absolute atomic E-state index is 0.0231. The van der Waals surface area contributed by atoms with Crippen LogP contribution < -0.4 is 5.32 Å². The van der Waals surface area contributed by atoms with E-state index in [1.165, 1.54) is 0 Å². The summed E-state index contributed by atoms with van der Waals surface area (Å²) in [5.74, 6) is 0.377. The molecule has 2 unspecified atom stereocenters. The molecule has 1 heterocycles. The maximum Gasteiger partial charge on any atom is 0.108 e. The molecule has 2 atom stereocenters. The van der Waals surface area contributed by atoms with E-state index in [1.807, 2.05) is 13.0 Å². The first kappa shape index (κ1) is 7.04. The number of fused-ring (bicyclic) bond motifs is 1. The molecule has 1 aliphatic carbocycles. The molecule has 0 saturated carbocycles. The van der Waals surface area contributed by atoms with Crippen molar-refractivity contribution in [1.29, 1.82) is 0 Å². The first-order valence-corrected chi connectivity index (χ1v) is 3.99. The summed E-state index contributed by atoms with van der Waals surface area (Å²) in [5.41, 5.74) is -0.255. The second kappa shape index (κ2) is 2.18. The fourth-order valence-electron chi connectivity index (χ4n) is 1.85. The Balaban J connectivity index is 2.37. The lowest BCUT2D eigenvalue weighted by molar-refractivity contribution is 0.291. The summed E-state index contributed by atoms with van der Waals surface area (Å²) in [4.78, 5) is 0. The SMILES string of the molecule is CC12CNCC1C=CC=C2F. The van der Waals surface area contributed by atoms with Crippen molar-refractivity contribution in [2.75, 3.05) is 13.1 Å². The van der Waals surface area contributed by atoms with Gasteiger partial charge >= 0.3 is 0 Å². The molecule has 1 nitrogen and oxygen atoms in total. The normalized spacial score (nSPS) is 42.0. The Labute approximate surface area is 66.0 Å². The van der Waals surface area contributed by atoms with Crippen molar-refractivity contribution in [3.63, 3.8) is 0 Å². The summed E-state index contributed by atoms with van der Waals surface area (Å²) in [5, 5.41) is 3.20. The van der Waals surface area contributed by atoms with E-state index in [0.717, 1.165) is 13.1 Å². The summed E-state index contributed by atoms with van der Waals surface area (Å²) >= 11 is 0. The molecule has 1 saturated heterocycles. The van der Waals surface area contributed by atoms with Crippen molar-refractivity contribution >= 4 is 0 Å². The fraction of sp³-hybridized carbons (Fsp3) is 0.556. The smallest absolute Gasteiger partial charge is 0.108 e. The second-order valence-corrected chi connectivity index (χ2v) is 3.55. The molecule has 0 radical (unpaired) electrons. The van der Waals surface area contributed by atoms with Crippen LogP contribution in [0.15, 0.2) is 24.1 Å². The number of rotatable bonds is 0. The highest BCUT2D eigenvalue weighted by Gasteiger charge is 2.42. The maximum atomic E-state index is 13.3. The van der Waals surface area contributed by atoms with E-state index in [0.29, 0.717) is 5.92 Å². The minimum Gasteiger partial charge on any atom is -0.315 e. The molecule has 0 aromatic carbocycles. The fourth-order valence-corrected chi connectivity index (χ4v) is 1.85. The molecule has 60 valence electrons.